The van der Waals surface area contributed by atoms with Crippen LogP contribution < -0.4 is 5.32 Å². The van der Waals surface area contributed by atoms with Gasteiger partial charge in [-0.05, 0) is 54.0 Å². The van der Waals surface area contributed by atoms with Gasteiger partial charge < -0.3 is 9.73 Å². The molecule has 0 saturated carbocycles. The van der Waals surface area contributed by atoms with E-state index < -0.39 is 5.91 Å². The molecule has 7 heteroatoms. The number of halogens is 1. The molecule has 0 atom stereocenters. The number of benzene rings is 1. The van der Waals surface area contributed by atoms with E-state index in [4.69, 9.17) is 9.68 Å². The number of amides is 1. The summed E-state index contributed by atoms with van der Waals surface area (Å²) in [6, 6.07) is 12.2. The molecule has 25 heavy (non-hydrogen) atoms. The van der Waals surface area contributed by atoms with Gasteiger partial charge >= 0.3 is 0 Å². The molecule has 3 aromatic rings. The highest BCUT2D eigenvalue weighted by molar-refractivity contribution is 9.10. The van der Waals surface area contributed by atoms with Crippen molar-refractivity contribution in [1.82, 2.24) is 9.78 Å². The lowest BCUT2D eigenvalue weighted by Crippen LogP contribution is -2.12. The highest BCUT2D eigenvalue weighted by atomic mass is 79.9. The Morgan fingerprint density at radius 2 is 2.08 bits per heavy atom. The lowest BCUT2D eigenvalue weighted by atomic mass is 10.2. The summed E-state index contributed by atoms with van der Waals surface area (Å²) in [6.45, 7) is 4.31. The average molecular weight is 399 g/mol. The van der Waals surface area contributed by atoms with Crippen molar-refractivity contribution in [3.8, 4) is 6.07 Å². The van der Waals surface area contributed by atoms with Crippen molar-refractivity contribution in [2.45, 2.75) is 20.4 Å². The van der Waals surface area contributed by atoms with Gasteiger partial charge in [-0.2, -0.15) is 10.4 Å². The fourth-order valence-electron chi connectivity index (χ4n) is 2.44. The molecule has 1 aromatic carbocycles. The van der Waals surface area contributed by atoms with Gasteiger partial charge in [0.25, 0.3) is 5.91 Å². The SMILES string of the molecule is Cc1nn(Cc2ccc(C(=O)Nc3ccccc3C#N)o2)c(C)c1Br. The van der Waals surface area contributed by atoms with Crippen LogP contribution >= 0.6 is 15.9 Å². The van der Waals surface area contributed by atoms with Crippen molar-refractivity contribution in [3.63, 3.8) is 0 Å². The van der Waals surface area contributed by atoms with Gasteiger partial charge in [-0.15, -0.1) is 0 Å². The molecule has 0 bridgehead atoms. The zero-order valence-electron chi connectivity index (χ0n) is 13.7. The molecule has 126 valence electrons. The zero-order chi connectivity index (χ0) is 18.0. The highest BCUT2D eigenvalue weighted by Gasteiger charge is 2.15. The molecule has 2 aromatic heterocycles. The summed E-state index contributed by atoms with van der Waals surface area (Å²) in [5.41, 5.74) is 2.74. The second kappa shape index (κ2) is 6.95. The van der Waals surface area contributed by atoms with Crippen LogP contribution in [-0.4, -0.2) is 15.7 Å². The molecule has 0 saturated heterocycles. The van der Waals surface area contributed by atoms with Gasteiger partial charge in [-0.25, -0.2) is 0 Å². The summed E-state index contributed by atoms with van der Waals surface area (Å²) in [4.78, 5) is 12.3. The fraction of sp³-hybridized carbons (Fsp3) is 0.167. The number of nitrogens with zero attached hydrogens (tertiary/aromatic N) is 3. The Balaban J connectivity index is 1.76. The molecule has 0 spiro atoms. The van der Waals surface area contributed by atoms with Crippen molar-refractivity contribution >= 4 is 27.5 Å². The molecule has 3 rings (SSSR count). The number of carbonyl (C=O) groups is 1. The Hall–Kier alpha value is -2.85. The van der Waals surface area contributed by atoms with Crippen molar-refractivity contribution < 1.29 is 9.21 Å². The third kappa shape index (κ3) is 3.49. The van der Waals surface area contributed by atoms with Crippen LogP contribution in [0.4, 0.5) is 5.69 Å². The first-order valence-electron chi connectivity index (χ1n) is 7.58. The van der Waals surface area contributed by atoms with Gasteiger partial charge in [0.05, 0.1) is 33.7 Å². The number of nitriles is 1. The first-order valence-corrected chi connectivity index (χ1v) is 8.37. The Labute approximate surface area is 153 Å². The maximum absolute atomic E-state index is 12.3. The predicted molar refractivity (Wildman–Crippen MR) is 96.3 cm³/mol. The van der Waals surface area contributed by atoms with E-state index >= 15 is 0 Å². The van der Waals surface area contributed by atoms with Crippen molar-refractivity contribution in [3.05, 3.63) is 69.3 Å². The zero-order valence-corrected chi connectivity index (χ0v) is 15.3. The maximum atomic E-state index is 12.3. The minimum atomic E-state index is -0.400. The molecule has 0 unspecified atom stereocenters. The number of hydrogen-bond donors (Lipinski definition) is 1. The number of nitrogens with one attached hydrogen (secondary N) is 1. The monoisotopic (exact) mass is 398 g/mol. The number of carbonyl (C=O) groups excluding carboxylic acids is 1. The first-order chi connectivity index (χ1) is 12.0. The van der Waals surface area contributed by atoms with Crippen molar-refractivity contribution in [2.75, 3.05) is 5.32 Å². The summed E-state index contributed by atoms with van der Waals surface area (Å²) >= 11 is 3.49. The number of hydrogen-bond acceptors (Lipinski definition) is 4. The maximum Gasteiger partial charge on any atom is 0.291 e. The van der Waals surface area contributed by atoms with E-state index in [1.165, 1.54) is 0 Å². The second-order valence-electron chi connectivity index (χ2n) is 5.52. The molecule has 0 aliphatic carbocycles. The van der Waals surface area contributed by atoms with E-state index in [1.54, 1.807) is 36.4 Å². The van der Waals surface area contributed by atoms with Crippen LogP contribution in [0.5, 0.6) is 0 Å². The quantitative estimate of drug-likeness (QED) is 0.718. The first kappa shape index (κ1) is 17.0. The number of aryl methyl sites for hydroxylation is 1. The number of para-hydroxylation sites is 1. The van der Waals surface area contributed by atoms with Crippen LogP contribution in [0.2, 0.25) is 0 Å². The van der Waals surface area contributed by atoms with E-state index in [0.29, 0.717) is 23.6 Å². The van der Waals surface area contributed by atoms with E-state index in [0.717, 1.165) is 15.9 Å². The third-order valence-electron chi connectivity index (χ3n) is 3.78. The molecule has 6 nitrogen and oxygen atoms in total. The van der Waals surface area contributed by atoms with E-state index in [9.17, 15) is 4.79 Å². The predicted octanol–water partition coefficient (Wildman–Crippen LogP) is 4.03. The molecular formula is C18H15BrN4O2. The van der Waals surface area contributed by atoms with Gasteiger partial charge in [0.2, 0.25) is 0 Å². The molecule has 0 fully saturated rings. The van der Waals surface area contributed by atoms with E-state index in [1.807, 2.05) is 24.6 Å². The number of furan rings is 1. The summed E-state index contributed by atoms with van der Waals surface area (Å²) < 4.78 is 8.40. The Morgan fingerprint density at radius 1 is 1.32 bits per heavy atom. The van der Waals surface area contributed by atoms with Gasteiger partial charge in [-0.3, -0.25) is 9.48 Å². The largest absolute Gasteiger partial charge is 0.454 e. The van der Waals surface area contributed by atoms with Crippen LogP contribution in [0.15, 0.2) is 45.3 Å². The van der Waals surface area contributed by atoms with Gasteiger partial charge in [0.15, 0.2) is 5.76 Å². The number of anilines is 1. The smallest absolute Gasteiger partial charge is 0.291 e. The van der Waals surface area contributed by atoms with Crippen LogP contribution in [0.3, 0.4) is 0 Å². The highest BCUT2D eigenvalue weighted by Crippen LogP contribution is 2.21. The molecular weight excluding hydrogens is 384 g/mol. The second-order valence-corrected chi connectivity index (χ2v) is 6.31. The summed E-state index contributed by atoms with van der Waals surface area (Å²) in [7, 11) is 0. The third-order valence-corrected chi connectivity index (χ3v) is 4.93. The average Bonchev–Trinajstić information content (AvgIpc) is 3.17. The number of rotatable bonds is 4. The van der Waals surface area contributed by atoms with Crippen LogP contribution in [0, 0.1) is 25.2 Å². The fourth-order valence-corrected chi connectivity index (χ4v) is 2.72. The lowest BCUT2D eigenvalue weighted by Gasteiger charge is -2.05. The normalized spacial score (nSPS) is 10.5. The van der Waals surface area contributed by atoms with Crippen LogP contribution in [-0.2, 0) is 6.54 Å². The minimum Gasteiger partial charge on any atom is -0.454 e. The van der Waals surface area contributed by atoms with E-state index in [2.05, 4.69) is 26.3 Å². The minimum absolute atomic E-state index is 0.184. The standard InChI is InChI=1S/C18H15BrN4O2/c1-11-17(19)12(2)23(22-11)10-14-7-8-16(25-14)18(24)21-15-6-4-3-5-13(15)9-20/h3-8H,10H2,1-2H3,(H,21,24). The summed E-state index contributed by atoms with van der Waals surface area (Å²) in [5.74, 6) is 0.406. The van der Waals surface area contributed by atoms with Crippen molar-refractivity contribution in [2.24, 2.45) is 0 Å². The summed E-state index contributed by atoms with van der Waals surface area (Å²) in [5, 5.41) is 16.2. The molecule has 2 heterocycles. The van der Waals surface area contributed by atoms with Crippen LogP contribution in [0.1, 0.15) is 33.3 Å². The Morgan fingerprint density at radius 3 is 2.76 bits per heavy atom. The van der Waals surface area contributed by atoms with Crippen molar-refractivity contribution in [1.29, 1.82) is 5.26 Å². The topological polar surface area (TPSA) is 83.9 Å². The van der Waals surface area contributed by atoms with Gasteiger partial charge in [0.1, 0.15) is 11.8 Å². The van der Waals surface area contributed by atoms with Gasteiger partial charge in [-0.1, -0.05) is 12.1 Å². The number of aromatic nitrogens is 2. The molecule has 1 amide bonds. The molecule has 1 N–H and O–H groups in total. The Bertz CT molecular complexity index is 981. The summed E-state index contributed by atoms with van der Waals surface area (Å²) in [6.07, 6.45) is 0. The van der Waals surface area contributed by atoms with Crippen LogP contribution in [0.25, 0.3) is 0 Å². The molecule has 0 aliphatic rings. The lowest BCUT2D eigenvalue weighted by molar-refractivity contribution is 0.0994. The van der Waals surface area contributed by atoms with E-state index in [-0.39, 0.29) is 5.76 Å². The molecule has 0 aliphatic heterocycles. The Kier molecular flexibility index (Phi) is 4.72. The van der Waals surface area contributed by atoms with Gasteiger partial charge in [0, 0.05) is 0 Å². The molecule has 0 radical (unpaired) electrons.